The van der Waals surface area contributed by atoms with Gasteiger partial charge in [0.05, 0.1) is 6.42 Å². The van der Waals surface area contributed by atoms with Gasteiger partial charge in [0.15, 0.2) is 0 Å². The highest BCUT2D eigenvalue weighted by molar-refractivity contribution is 6.31. The molecule has 3 N–H and O–H groups in total. The molecule has 0 radical (unpaired) electrons. The predicted octanol–water partition coefficient (Wildman–Crippen LogP) is 1.18. The number of nitrogens with two attached hydrogens (primary N) is 1. The summed E-state index contributed by atoms with van der Waals surface area (Å²) in [5.41, 5.74) is 3.94. The summed E-state index contributed by atoms with van der Waals surface area (Å²) in [4.78, 5) is 10.9. The molecule has 1 amide bonds. The lowest BCUT2D eigenvalue weighted by Gasteiger charge is -2.02. The van der Waals surface area contributed by atoms with Gasteiger partial charge >= 0.3 is 0 Å². The SMILES string of the molecule is Cc1cc(CC(=O)NN)ccc1Cl. The topological polar surface area (TPSA) is 55.1 Å². The lowest BCUT2D eigenvalue weighted by atomic mass is 10.1. The van der Waals surface area contributed by atoms with Crippen LogP contribution in [0.15, 0.2) is 18.2 Å². The van der Waals surface area contributed by atoms with Crippen molar-refractivity contribution in [2.45, 2.75) is 13.3 Å². The first-order valence-corrected chi connectivity index (χ1v) is 4.25. The fraction of sp³-hybridized carbons (Fsp3) is 0.222. The second-order valence-corrected chi connectivity index (χ2v) is 3.24. The molecule has 0 aliphatic carbocycles. The van der Waals surface area contributed by atoms with Crippen molar-refractivity contribution < 1.29 is 4.79 Å². The van der Waals surface area contributed by atoms with Gasteiger partial charge in [-0.2, -0.15) is 0 Å². The van der Waals surface area contributed by atoms with E-state index < -0.39 is 0 Å². The van der Waals surface area contributed by atoms with Crippen molar-refractivity contribution in [3.63, 3.8) is 0 Å². The summed E-state index contributed by atoms with van der Waals surface area (Å²) in [5, 5.41) is 0.705. The van der Waals surface area contributed by atoms with Crippen LogP contribution in [0.4, 0.5) is 0 Å². The molecular weight excluding hydrogens is 188 g/mol. The Morgan fingerprint density at radius 2 is 2.31 bits per heavy atom. The third-order valence-electron chi connectivity index (χ3n) is 1.75. The van der Waals surface area contributed by atoms with Crippen LogP contribution in [0.1, 0.15) is 11.1 Å². The second kappa shape index (κ2) is 4.25. The second-order valence-electron chi connectivity index (χ2n) is 2.83. The van der Waals surface area contributed by atoms with Crippen LogP contribution in [0.3, 0.4) is 0 Å². The molecule has 70 valence electrons. The molecular formula is C9H11ClN2O. The van der Waals surface area contributed by atoms with E-state index in [-0.39, 0.29) is 12.3 Å². The van der Waals surface area contributed by atoms with Gasteiger partial charge in [-0.3, -0.25) is 10.2 Å². The van der Waals surface area contributed by atoms with Gasteiger partial charge in [0, 0.05) is 5.02 Å². The van der Waals surface area contributed by atoms with Gasteiger partial charge in [0.1, 0.15) is 0 Å². The number of rotatable bonds is 2. The number of hydrazine groups is 1. The molecule has 0 aliphatic heterocycles. The lowest BCUT2D eigenvalue weighted by Crippen LogP contribution is -2.31. The molecule has 0 fully saturated rings. The molecule has 0 atom stereocenters. The maximum atomic E-state index is 10.9. The molecule has 13 heavy (non-hydrogen) atoms. The minimum atomic E-state index is -0.207. The number of carbonyl (C=O) groups is 1. The standard InChI is InChI=1S/C9H11ClN2O/c1-6-4-7(2-3-8(6)10)5-9(13)12-11/h2-4H,5,11H2,1H3,(H,12,13). The Morgan fingerprint density at radius 1 is 1.62 bits per heavy atom. The van der Waals surface area contributed by atoms with Crippen LogP contribution >= 0.6 is 11.6 Å². The van der Waals surface area contributed by atoms with E-state index >= 15 is 0 Å². The molecule has 3 nitrogen and oxygen atoms in total. The summed E-state index contributed by atoms with van der Waals surface area (Å²) in [5.74, 6) is 4.76. The van der Waals surface area contributed by atoms with E-state index in [0.29, 0.717) is 5.02 Å². The van der Waals surface area contributed by atoms with E-state index in [1.54, 1.807) is 6.07 Å². The predicted molar refractivity (Wildman–Crippen MR) is 52.2 cm³/mol. The Bertz CT molecular complexity index is 325. The molecule has 1 rings (SSSR count). The third-order valence-corrected chi connectivity index (χ3v) is 2.17. The molecule has 1 aromatic rings. The molecule has 4 heteroatoms. The highest BCUT2D eigenvalue weighted by atomic mass is 35.5. The van der Waals surface area contributed by atoms with Gasteiger partial charge in [0.2, 0.25) is 5.91 Å². The maximum Gasteiger partial charge on any atom is 0.238 e. The van der Waals surface area contributed by atoms with Crippen molar-refractivity contribution >= 4 is 17.5 Å². The molecule has 1 aromatic carbocycles. The summed E-state index contributed by atoms with van der Waals surface area (Å²) in [6.45, 7) is 1.90. The van der Waals surface area contributed by atoms with Gasteiger partial charge < -0.3 is 0 Å². The number of benzene rings is 1. The van der Waals surface area contributed by atoms with Crippen molar-refractivity contribution in [1.82, 2.24) is 5.43 Å². The van der Waals surface area contributed by atoms with Crippen LogP contribution in [-0.4, -0.2) is 5.91 Å². The van der Waals surface area contributed by atoms with Crippen LogP contribution in [-0.2, 0) is 11.2 Å². The number of hydrogen-bond acceptors (Lipinski definition) is 2. The zero-order valence-corrected chi connectivity index (χ0v) is 8.06. The number of carbonyl (C=O) groups excluding carboxylic acids is 1. The van der Waals surface area contributed by atoms with E-state index in [1.165, 1.54) is 0 Å². The zero-order chi connectivity index (χ0) is 9.84. The lowest BCUT2D eigenvalue weighted by molar-refractivity contribution is -0.120. The zero-order valence-electron chi connectivity index (χ0n) is 7.30. The van der Waals surface area contributed by atoms with Crippen molar-refractivity contribution in [2.75, 3.05) is 0 Å². The summed E-state index contributed by atoms with van der Waals surface area (Å²) in [7, 11) is 0. The van der Waals surface area contributed by atoms with Crippen LogP contribution in [0.5, 0.6) is 0 Å². The molecule has 0 heterocycles. The van der Waals surface area contributed by atoms with E-state index in [0.717, 1.165) is 11.1 Å². The normalized spacial score (nSPS) is 9.77. The first-order chi connectivity index (χ1) is 6.13. The van der Waals surface area contributed by atoms with E-state index in [4.69, 9.17) is 17.4 Å². The van der Waals surface area contributed by atoms with Crippen LogP contribution in [0.2, 0.25) is 5.02 Å². The summed E-state index contributed by atoms with van der Waals surface area (Å²) in [6.07, 6.45) is 0.286. The van der Waals surface area contributed by atoms with Crippen LogP contribution in [0, 0.1) is 6.92 Å². The molecule has 0 aromatic heterocycles. The van der Waals surface area contributed by atoms with Gasteiger partial charge in [-0.05, 0) is 24.1 Å². The minimum absolute atomic E-state index is 0.207. The van der Waals surface area contributed by atoms with Crippen molar-refractivity contribution in [3.05, 3.63) is 34.3 Å². The van der Waals surface area contributed by atoms with Crippen molar-refractivity contribution in [1.29, 1.82) is 0 Å². The Kier molecular flexibility index (Phi) is 3.28. The van der Waals surface area contributed by atoms with Gasteiger partial charge in [-0.15, -0.1) is 0 Å². The Hall–Kier alpha value is -1.06. The number of nitrogens with one attached hydrogen (secondary N) is 1. The highest BCUT2D eigenvalue weighted by Gasteiger charge is 2.02. The number of halogens is 1. The first-order valence-electron chi connectivity index (χ1n) is 3.88. The molecule has 0 unspecified atom stereocenters. The van der Waals surface area contributed by atoms with Gasteiger partial charge in [-0.1, -0.05) is 23.7 Å². The molecule has 0 aliphatic rings. The quantitative estimate of drug-likeness (QED) is 0.426. The molecule has 0 bridgehead atoms. The number of amides is 1. The van der Waals surface area contributed by atoms with E-state index in [9.17, 15) is 4.79 Å². The highest BCUT2D eigenvalue weighted by Crippen LogP contribution is 2.16. The summed E-state index contributed by atoms with van der Waals surface area (Å²) in [6, 6.07) is 5.46. The Morgan fingerprint density at radius 3 is 2.85 bits per heavy atom. The van der Waals surface area contributed by atoms with E-state index in [1.807, 2.05) is 19.1 Å². The third kappa shape index (κ3) is 2.72. The number of hydrogen-bond donors (Lipinski definition) is 2. The molecule has 0 spiro atoms. The average molecular weight is 199 g/mol. The minimum Gasteiger partial charge on any atom is -0.294 e. The van der Waals surface area contributed by atoms with Crippen LogP contribution in [0.25, 0.3) is 0 Å². The summed E-state index contributed by atoms with van der Waals surface area (Å²) < 4.78 is 0. The fourth-order valence-electron chi connectivity index (χ4n) is 1.05. The van der Waals surface area contributed by atoms with Gasteiger partial charge in [0.25, 0.3) is 0 Å². The van der Waals surface area contributed by atoms with Crippen LogP contribution < -0.4 is 11.3 Å². The van der Waals surface area contributed by atoms with E-state index in [2.05, 4.69) is 5.43 Å². The van der Waals surface area contributed by atoms with Crippen molar-refractivity contribution in [3.8, 4) is 0 Å². The first kappa shape index (κ1) is 10.0. The largest absolute Gasteiger partial charge is 0.294 e. The Balaban J connectivity index is 2.79. The van der Waals surface area contributed by atoms with Crippen molar-refractivity contribution in [2.24, 2.45) is 5.84 Å². The molecule has 0 saturated carbocycles. The number of aryl methyl sites for hydroxylation is 1. The molecule has 0 saturated heterocycles. The fourth-order valence-corrected chi connectivity index (χ4v) is 1.17. The maximum absolute atomic E-state index is 10.9. The monoisotopic (exact) mass is 198 g/mol. The smallest absolute Gasteiger partial charge is 0.238 e. The average Bonchev–Trinajstić information content (AvgIpc) is 2.11. The Labute approximate surface area is 81.9 Å². The summed E-state index contributed by atoms with van der Waals surface area (Å²) >= 11 is 5.83. The van der Waals surface area contributed by atoms with Gasteiger partial charge in [-0.25, -0.2) is 5.84 Å².